The highest BCUT2D eigenvalue weighted by molar-refractivity contribution is 7.81. The molecule has 1 fully saturated rings. The third-order valence-electron chi connectivity index (χ3n) is 8.27. The van der Waals surface area contributed by atoms with Gasteiger partial charge in [0.25, 0.3) is 0 Å². The topological polar surface area (TPSA) is 70.4 Å². The quantitative estimate of drug-likeness (QED) is 0.154. The number of hydrogen-bond donors (Lipinski definition) is 3. The molecule has 1 saturated carbocycles. The van der Waals surface area contributed by atoms with Crippen molar-refractivity contribution >= 4 is 53.3 Å². The molecule has 2 atom stereocenters. The summed E-state index contributed by atoms with van der Waals surface area (Å²) in [5.41, 5.74) is 4.66. The number of aliphatic hydroxyl groups is 1. The Labute approximate surface area is 252 Å². The van der Waals surface area contributed by atoms with Crippen LogP contribution in [0.3, 0.4) is 0 Å². The molecule has 4 nitrogen and oxygen atoms in total. The molecule has 1 aliphatic rings. The Balaban J connectivity index is 1.43. The average Bonchev–Trinajstić information content (AvgIpc) is 3.71. The van der Waals surface area contributed by atoms with E-state index in [4.69, 9.17) is 29.2 Å². The minimum absolute atomic E-state index is 0.0457. The summed E-state index contributed by atoms with van der Waals surface area (Å²) in [7, 11) is 0. The number of carbonyl (C=O) groups is 1. The Kier molecular flexibility index (Phi) is 8.60. The lowest BCUT2D eigenvalue weighted by Gasteiger charge is -2.31. The number of rotatable bonds is 11. The van der Waals surface area contributed by atoms with Crippen LogP contribution in [-0.4, -0.2) is 26.4 Å². The molecule has 0 aliphatic heterocycles. The molecular weight excluding hydrogens is 550 g/mol. The van der Waals surface area contributed by atoms with E-state index in [9.17, 15) is 15.0 Å². The van der Waals surface area contributed by atoms with Crippen molar-refractivity contribution in [1.82, 2.24) is 4.98 Å². The maximum atomic E-state index is 11.7. The minimum Gasteiger partial charge on any atom is -0.481 e. The molecule has 3 aromatic carbocycles. The van der Waals surface area contributed by atoms with Crippen molar-refractivity contribution in [3.63, 3.8) is 0 Å². The lowest BCUT2D eigenvalue weighted by atomic mass is 9.79. The maximum Gasteiger partial charge on any atom is 0.303 e. The van der Waals surface area contributed by atoms with E-state index in [0.29, 0.717) is 5.02 Å². The monoisotopic (exact) mass is 585 g/mol. The number of pyridine rings is 1. The van der Waals surface area contributed by atoms with Gasteiger partial charge in [0.05, 0.1) is 23.2 Å². The molecule has 0 bridgehead atoms. The smallest absolute Gasteiger partial charge is 0.303 e. The number of carboxylic acids is 1. The molecule has 41 heavy (non-hydrogen) atoms. The van der Waals surface area contributed by atoms with Gasteiger partial charge in [-0.2, -0.15) is 12.6 Å². The van der Waals surface area contributed by atoms with Crippen molar-refractivity contribution in [2.24, 2.45) is 5.41 Å². The van der Waals surface area contributed by atoms with Crippen LogP contribution in [0.2, 0.25) is 5.02 Å². The normalized spacial score (nSPS) is 16.1. The van der Waals surface area contributed by atoms with E-state index < -0.39 is 11.6 Å². The lowest BCUT2D eigenvalue weighted by molar-refractivity contribution is -0.138. The van der Waals surface area contributed by atoms with Crippen molar-refractivity contribution in [3.8, 4) is 0 Å². The summed E-state index contributed by atoms with van der Waals surface area (Å²) in [6.07, 6.45) is 7.50. The Morgan fingerprint density at radius 1 is 1.05 bits per heavy atom. The van der Waals surface area contributed by atoms with Crippen LogP contribution in [0.4, 0.5) is 0 Å². The van der Waals surface area contributed by atoms with E-state index in [2.05, 4.69) is 36.4 Å². The second-order valence-corrected chi connectivity index (χ2v) is 12.8. The van der Waals surface area contributed by atoms with Crippen LogP contribution in [-0.2, 0) is 16.8 Å². The van der Waals surface area contributed by atoms with E-state index >= 15 is 0 Å². The second-order valence-electron chi connectivity index (χ2n) is 11.8. The largest absolute Gasteiger partial charge is 0.481 e. The first kappa shape index (κ1) is 29.4. The number of carboxylic acid groups (broad SMARTS) is 1. The fourth-order valence-corrected chi connectivity index (χ4v) is 6.73. The summed E-state index contributed by atoms with van der Waals surface area (Å²) >= 11 is 11.3. The number of halogens is 1. The molecule has 0 radical (unpaired) electrons. The molecule has 1 aliphatic carbocycles. The molecular formula is C35H36ClNO3S. The third kappa shape index (κ3) is 7.03. The molecule has 2 N–H and O–H groups in total. The summed E-state index contributed by atoms with van der Waals surface area (Å²) in [5.74, 6) is -0.724. The summed E-state index contributed by atoms with van der Waals surface area (Å²) in [6, 6.07) is 26.2. The van der Waals surface area contributed by atoms with Crippen LogP contribution in [0.1, 0.15) is 73.4 Å². The maximum absolute atomic E-state index is 11.7. The van der Waals surface area contributed by atoms with Gasteiger partial charge in [-0.1, -0.05) is 78.3 Å². The van der Waals surface area contributed by atoms with Crippen LogP contribution >= 0.6 is 24.2 Å². The van der Waals surface area contributed by atoms with Crippen molar-refractivity contribution in [3.05, 3.63) is 112 Å². The van der Waals surface area contributed by atoms with Gasteiger partial charge in [-0.15, -0.1) is 0 Å². The number of thiol groups is 1. The highest BCUT2D eigenvalue weighted by atomic mass is 35.5. The van der Waals surface area contributed by atoms with Gasteiger partial charge in [-0.3, -0.25) is 4.79 Å². The van der Waals surface area contributed by atoms with Gasteiger partial charge in [-0.25, -0.2) is 4.98 Å². The molecule has 5 rings (SSSR count). The SMILES string of the molecule is CC(C)(O)c1ccccc1CC[C@H](c1cccc(/C=C/c2ccc3ccc(Cl)cc3n2)c1)C(S)C1(CC(=O)O)CC1. The van der Waals surface area contributed by atoms with Gasteiger partial charge in [-0.05, 0) is 97.4 Å². The molecule has 0 saturated heterocycles. The minimum atomic E-state index is -0.944. The van der Waals surface area contributed by atoms with Crippen LogP contribution in [0.15, 0.2) is 78.9 Å². The number of aromatic nitrogens is 1. The molecule has 1 aromatic heterocycles. The first-order valence-corrected chi connectivity index (χ1v) is 15.0. The average molecular weight is 586 g/mol. The zero-order valence-corrected chi connectivity index (χ0v) is 25.1. The van der Waals surface area contributed by atoms with Crippen molar-refractivity contribution in [2.45, 2.75) is 62.7 Å². The zero-order chi connectivity index (χ0) is 29.2. The molecule has 1 unspecified atom stereocenters. The summed E-state index contributed by atoms with van der Waals surface area (Å²) in [6.45, 7) is 3.62. The van der Waals surface area contributed by atoms with Gasteiger partial charge in [0.1, 0.15) is 0 Å². The number of aryl methyl sites for hydroxylation is 1. The fourth-order valence-electron chi connectivity index (χ4n) is 5.89. The Morgan fingerprint density at radius 3 is 2.54 bits per heavy atom. The second kappa shape index (κ2) is 12.0. The summed E-state index contributed by atoms with van der Waals surface area (Å²) in [4.78, 5) is 16.5. The molecule has 0 spiro atoms. The number of hydrogen-bond acceptors (Lipinski definition) is 4. The highest BCUT2D eigenvalue weighted by Crippen LogP contribution is 2.58. The Morgan fingerprint density at radius 2 is 1.80 bits per heavy atom. The van der Waals surface area contributed by atoms with Gasteiger partial charge in [0.15, 0.2) is 0 Å². The molecule has 212 valence electrons. The van der Waals surface area contributed by atoms with E-state index in [-0.39, 0.29) is 23.0 Å². The van der Waals surface area contributed by atoms with Gasteiger partial charge >= 0.3 is 5.97 Å². The number of nitrogens with zero attached hydrogens (tertiary/aromatic N) is 1. The van der Waals surface area contributed by atoms with Crippen molar-refractivity contribution < 1.29 is 15.0 Å². The van der Waals surface area contributed by atoms with Crippen LogP contribution in [0, 0.1) is 5.41 Å². The van der Waals surface area contributed by atoms with Gasteiger partial charge in [0.2, 0.25) is 0 Å². The lowest BCUT2D eigenvalue weighted by Crippen LogP contribution is -2.27. The fraction of sp³-hybridized carbons (Fsp3) is 0.314. The first-order chi connectivity index (χ1) is 19.5. The van der Waals surface area contributed by atoms with Gasteiger partial charge in [0, 0.05) is 15.7 Å². The van der Waals surface area contributed by atoms with Crippen molar-refractivity contribution in [2.75, 3.05) is 0 Å². The number of benzene rings is 3. The molecule has 4 aromatic rings. The number of aliphatic carboxylic acids is 1. The van der Waals surface area contributed by atoms with Crippen molar-refractivity contribution in [1.29, 1.82) is 0 Å². The van der Waals surface area contributed by atoms with Crippen LogP contribution in [0.5, 0.6) is 0 Å². The molecule has 6 heteroatoms. The van der Waals surface area contributed by atoms with E-state index in [1.165, 1.54) is 0 Å². The Hall–Kier alpha value is -3.12. The summed E-state index contributed by atoms with van der Waals surface area (Å²) in [5, 5.41) is 22.0. The number of fused-ring (bicyclic) bond motifs is 1. The molecule has 0 amide bonds. The first-order valence-electron chi connectivity index (χ1n) is 14.1. The standard InChI is InChI=1S/C35H36ClNO3S/c1-34(2,40)30-9-4-3-7-24(30)13-17-29(33(41)35(18-19-35)22-32(38)39)26-8-5-6-23(20-26)10-15-28-16-12-25-11-14-27(36)21-31(25)37-28/h3-12,14-16,20-21,29,33,40-41H,13,17-19,22H2,1-2H3,(H,38,39)/b15-10+/t29-,33?/m1/s1. The van der Waals surface area contributed by atoms with E-state index in [0.717, 1.165) is 64.5 Å². The third-order valence-corrected chi connectivity index (χ3v) is 9.41. The molecule has 1 heterocycles. The zero-order valence-electron chi connectivity index (χ0n) is 23.4. The highest BCUT2D eigenvalue weighted by Gasteiger charge is 2.51. The Bertz CT molecular complexity index is 1590. The van der Waals surface area contributed by atoms with E-state index in [1.54, 1.807) is 0 Å². The van der Waals surface area contributed by atoms with Crippen LogP contribution < -0.4 is 0 Å². The van der Waals surface area contributed by atoms with Gasteiger partial charge < -0.3 is 10.2 Å². The van der Waals surface area contributed by atoms with E-state index in [1.807, 2.05) is 68.5 Å². The summed E-state index contributed by atoms with van der Waals surface area (Å²) < 4.78 is 0. The van der Waals surface area contributed by atoms with Crippen LogP contribution in [0.25, 0.3) is 23.1 Å². The predicted octanol–water partition coefficient (Wildman–Crippen LogP) is 8.56. The predicted molar refractivity (Wildman–Crippen MR) is 172 cm³/mol.